The van der Waals surface area contributed by atoms with Crippen molar-refractivity contribution in [1.29, 1.82) is 0 Å². The minimum Gasteiger partial charge on any atom is -0.357 e. The molecule has 0 bridgehead atoms. The first-order valence-electron chi connectivity index (χ1n) is 10.6. The van der Waals surface area contributed by atoms with E-state index in [4.69, 9.17) is 0 Å². The predicted octanol–water partition coefficient (Wildman–Crippen LogP) is 3.62. The number of benzene rings is 1. The molecule has 29 heavy (non-hydrogen) atoms. The molecule has 2 saturated heterocycles. The van der Waals surface area contributed by atoms with Crippen LogP contribution in [0.25, 0.3) is 0 Å². The van der Waals surface area contributed by atoms with E-state index in [9.17, 15) is 14.0 Å². The number of aromatic nitrogens is 1. The molecule has 3 atom stereocenters. The number of aromatic amines is 1. The largest absolute Gasteiger partial charge is 0.357 e. The van der Waals surface area contributed by atoms with Crippen molar-refractivity contribution < 1.29 is 14.0 Å². The first-order chi connectivity index (χ1) is 14.1. The Morgan fingerprint density at radius 2 is 1.86 bits per heavy atom. The van der Waals surface area contributed by atoms with Crippen molar-refractivity contribution in [3.63, 3.8) is 0 Å². The highest BCUT2D eigenvalue weighted by Crippen LogP contribution is 2.46. The van der Waals surface area contributed by atoms with Crippen LogP contribution in [0.3, 0.4) is 0 Å². The Labute approximate surface area is 169 Å². The number of likely N-dealkylation sites (tertiary alicyclic amines) is 2. The number of halogens is 1. The molecule has 0 radical (unpaired) electrons. The summed E-state index contributed by atoms with van der Waals surface area (Å²) in [5.74, 6) is 0.450. The Morgan fingerprint density at radius 1 is 1.03 bits per heavy atom. The van der Waals surface area contributed by atoms with Crippen molar-refractivity contribution in [2.24, 2.45) is 17.8 Å². The van der Waals surface area contributed by atoms with E-state index in [0.29, 0.717) is 25.3 Å². The number of hydrogen-bond donors (Lipinski definition) is 1. The molecule has 2 aromatic rings. The SMILES string of the molecule is O=C(C1CCCC1)N1C[C@H]2CN(C(=O)c3ccc[nH]3)[C@@H](c3cccc(F)c3)[C@H]2C1. The van der Waals surface area contributed by atoms with E-state index < -0.39 is 0 Å². The van der Waals surface area contributed by atoms with Gasteiger partial charge in [0.25, 0.3) is 5.91 Å². The number of carbonyl (C=O) groups excluding carboxylic acids is 2. The topological polar surface area (TPSA) is 56.4 Å². The van der Waals surface area contributed by atoms with Crippen LogP contribution in [0.1, 0.15) is 47.8 Å². The molecular weight excluding hydrogens is 369 g/mol. The van der Waals surface area contributed by atoms with Gasteiger partial charge in [0.05, 0.1) is 6.04 Å². The van der Waals surface area contributed by atoms with Crippen LogP contribution < -0.4 is 0 Å². The summed E-state index contributed by atoms with van der Waals surface area (Å²) in [6.45, 7) is 1.94. The minimum atomic E-state index is -0.296. The number of carbonyl (C=O) groups is 2. The second kappa shape index (κ2) is 7.32. The summed E-state index contributed by atoms with van der Waals surface area (Å²) in [4.78, 5) is 33.0. The monoisotopic (exact) mass is 395 g/mol. The summed E-state index contributed by atoms with van der Waals surface area (Å²) in [7, 11) is 0. The normalized spacial score (nSPS) is 26.9. The van der Waals surface area contributed by atoms with E-state index >= 15 is 0 Å². The summed E-state index contributed by atoms with van der Waals surface area (Å²) in [5.41, 5.74) is 1.36. The van der Waals surface area contributed by atoms with Gasteiger partial charge in [0.2, 0.25) is 5.91 Å². The van der Waals surface area contributed by atoms with Crippen LogP contribution in [0, 0.1) is 23.6 Å². The zero-order chi connectivity index (χ0) is 20.0. The van der Waals surface area contributed by atoms with Crippen molar-refractivity contribution in [3.05, 3.63) is 59.7 Å². The lowest BCUT2D eigenvalue weighted by atomic mass is 9.89. The molecule has 1 aromatic carbocycles. The van der Waals surface area contributed by atoms with Crippen molar-refractivity contribution in [2.75, 3.05) is 19.6 Å². The molecule has 1 N–H and O–H groups in total. The van der Waals surface area contributed by atoms with Gasteiger partial charge in [-0.05, 0) is 42.7 Å². The van der Waals surface area contributed by atoms with E-state index in [1.54, 1.807) is 18.3 Å². The van der Waals surface area contributed by atoms with Gasteiger partial charge in [-0.2, -0.15) is 0 Å². The zero-order valence-electron chi connectivity index (χ0n) is 16.4. The summed E-state index contributed by atoms with van der Waals surface area (Å²) >= 11 is 0. The van der Waals surface area contributed by atoms with Gasteiger partial charge in [-0.15, -0.1) is 0 Å². The Morgan fingerprint density at radius 3 is 2.59 bits per heavy atom. The van der Waals surface area contributed by atoms with Gasteiger partial charge in [0.15, 0.2) is 0 Å². The maximum atomic E-state index is 14.0. The number of nitrogens with zero attached hydrogens (tertiary/aromatic N) is 2. The lowest BCUT2D eigenvalue weighted by Crippen LogP contribution is -2.39. The number of rotatable bonds is 3. The Bertz CT molecular complexity index is 907. The fraction of sp³-hybridized carbons (Fsp3) is 0.478. The third kappa shape index (κ3) is 3.24. The second-order valence-electron chi connectivity index (χ2n) is 8.69. The van der Waals surface area contributed by atoms with Crippen LogP contribution in [0.15, 0.2) is 42.6 Å². The van der Waals surface area contributed by atoms with Crippen molar-refractivity contribution in [1.82, 2.24) is 14.8 Å². The average Bonchev–Trinajstić information content (AvgIpc) is 3.51. The molecule has 1 aliphatic carbocycles. The first kappa shape index (κ1) is 18.4. The molecule has 3 fully saturated rings. The first-order valence-corrected chi connectivity index (χ1v) is 10.6. The molecule has 5 rings (SSSR count). The summed E-state index contributed by atoms with van der Waals surface area (Å²) < 4.78 is 14.0. The Balaban J connectivity index is 1.43. The lowest BCUT2D eigenvalue weighted by Gasteiger charge is -2.30. The average molecular weight is 395 g/mol. The highest BCUT2D eigenvalue weighted by molar-refractivity contribution is 5.93. The molecule has 2 aliphatic heterocycles. The van der Waals surface area contributed by atoms with E-state index in [1.165, 1.54) is 12.1 Å². The number of fused-ring (bicyclic) bond motifs is 1. The Hall–Kier alpha value is -2.63. The molecule has 3 heterocycles. The summed E-state index contributed by atoms with van der Waals surface area (Å²) in [5, 5.41) is 0. The zero-order valence-corrected chi connectivity index (χ0v) is 16.4. The molecular formula is C23H26FN3O2. The maximum Gasteiger partial charge on any atom is 0.270 e. The summed E-state index contributed by atoms with van der Waals surface area (Å²) in [6.07, 6.45) is 6.01. The molecule has 0 spiro atoms. The number of hydrogen-bond acceptors (Lipinski definition) is 2. The number of nitrogens with one attached hydrogen (secondary N) is 1. The van der Waals surface area contributed by atoms with Gasteiger partial charge < -0.3 is 14.8 Å². The number of H-pyrrole nitrogens is 1. The van der Waals surface area contributed by atoms with E-state index in [0.717, 1.165) is 31.2 Å². The van der Waals surface area contributed by atoms with Gasteiger partial charge in [0, 0.05) is 43.6 Å². The van der Waals surface area contributed by atoms with Crippen LogP contribution in [-0.4, -0.2) is 46.2 Å². The smallest absolute Gasteiger partial charge is 0.270 e. The molecule has 0 unspecified atom stereocenters. The third-order valence-corrected chi connectivity index (χ3v) is 6.96. The van der Waals surface area contributed by atoms with Crippen molar-refractivity contribution >= 4 is 11.8 Å². The third-order valence-electron chi connectivity index (χ3n) is 6.96. The number of amides is 2. The van der Waals surface area contributed by atoms with E-state index in [-0.39, 0.29) is 41.4 Å². The van der Waals surface area contributed by atoms with Crippen LogP contribution in [0.4, 0.5) is 4.39 Å². The highest BCUT2D eigenvalue weighted by atomic mass is 19.1. The van der Waals surface area contributed by atoms with Crippen LogP contribution >= 0.6 is 0 Å². The quantitative estimate of drug-likeness (QED) is 0.863. The molecule has 1 aromatic heterocycles. The molecule has 1 saturated carbocycles. The summed E-state index contributed by atoms with van der Waals surface area (Å²) in [6, 6.07) is 9.92. The van der Waals surface area contributed by atoms with E-state index in [1.807, 2.05) is 21.9 Å². The molecule has 3 aliphatic rings. The second-order valence-corrected chi connectivity index (χ2v) is 8.69. The van der Waals surface area contributed by atoms with Gasteiger partial charge in [0.1, 0.15) is 11.5 Å². The maximum absolute atomic E-state index is 14.0. The lowest BCUT2D eigenvalue weighted by molar-refractivity contribution is -0.134. The standard InChI is InChI=1S/C23H26FN3O2/c24-18-8-3-7-16(11-18)21-19-14-26(22(28)15-5-1-2-6-15)12-17(19)13-27(21)23(29)20-9-4-10-25-20/h3-4,7-11,15,17,19,21,25H,1-2,5-6,12-14H2/t17-,19-,21-/m0/s1. The van der Waals surface area contributed by atoms with Crippen molar-refractivity contribution in [3.8, 4) is 0 Å². The molecule has 6 heteroatoms. The van der Waals surface area contributed by atoms with Gasteiger partial charge in [-0.3, -0.25) is 9.59 Å². The van der Waals surface area contributed by atoms with E-state index in [2.05, 4.69) is 4.98 Å². The van der Waals surface area contributed by atoms with Crippen LogP contribution in [0.2, 0.25) is 0 Å². The van der Waals surface area contributed by atoms with Crippen LogP contribution in [0.5, 0.6) is 0 Å². The van der Waals surface area contributed by atoms with Gasteiger partial charge >= 0.3 is 0 Å². The molecule has 152 valence electrons. The fourth-order valence-corrected chi connectivity index (χ4v) is 5.60. The van der Waals surface area contributed by atoms with Crippen molar-refractivity contribution in [2.45, 2.75) is 31.7 Å². The van der Waals surface area contributed by atoms with Gasteiger partial charge in [-0.25, -0.2) is 4.39 Å². The van der Waals surface area contributed by atoms with Crippen LogP contribution in [-0.2, 0) is 4.79 Å². The molecule has 5 nitrogen and oxygen atoms in total. The highest BCUT2D eigenvalue weighted by Gasteiger charge is 2.50. The molecule has 2 amide bonds. The predicted molar refractivity (Wildman–Crippen MR) is 106 cm³/mol. The minimum absolute atomic E-state index is 0.0627. The Kier molecular flexibility index (Phi) is 4.64. The van der Waals surface area contributed by atoms with Gasteiger partial charge in [-0.1, -0.05) is 25.0 Å². The fourth-order valence-electron chi connectivity index (χ4n) is 5.60.